The van der Waals surface area contributed by atoms with Crippen molar-refractivity contribution in [2.45, 2.75) is 71.6 Å². The number of halogens is 6. The highest BCUT2D eigenvalue weighted by Gasteiger charge is 2.40. The summed E-state index contributed by atoms with van der Waals surface area (Å²) in [6.45, 7) is 8.26. The van der Waals surface area contributed by atoms with Gasteiger partial charge in [0.1, 0.15) is 47.8 Å². The number of nitrogens with zero attached hydrogens (tertiary/aromatic N) is 9. The zero-order valence-electron chi connectivity index (χ0n) is 43.1. The molecule has 2 atom stereocenters. The molecule has 0 bridgehead atoms. The van der Waals surface area contributed by atoms with Crippen LogP contribution in [0.2, 0.25) is 20.1 Å². The largest absolute Gasteiger partial charge is 0.503 e. The van der Waals surface area contributed by atoms with Crippen LogP contribution in [0.4, 0.5) is 8.78 Å². The van der Waals surface area contributed by atoms with E-state index in [0.29, 0.717) is 56.2 Å². The Morgan fingerprint density at radius 2 is 1.48 bits per heavy atom. The van der Waals surface area contributed by atoms with Crippen molar-refractivity contribution in [3.8, 4) is 29.3 Å². The van der Waals surface area contributed by atoms with E-state index in [1.165, 1.54) is 77.3 Å². The maximum Gasteiger partial charge on any atom is 0.341 e. The van der Waals surface area contributed by atoms with Crippen LogP contribution in [0.15, 0.2) is 122 Å². The molecule has 0 spiro atoms. The lowest BCUT2D eigenvalue weighted by Gasteiger charge is -2.40. The predicted octanol–water partition coefficient (Wildman–Crippen LogP) is 12.4. The van der Waals surface area contributed by atoms with Crippen LogP contribution >= 0.6 is 46.4 Å². The summed E-state index contributed by atoms with van der Waals surface area (Å²) in [4.78, 5) is 42.0. The van der Waals surface area contributed by atoms with Crippen LogP contribution in [0.25, 0.3) is 5.57 Å². The number of methoxy groups -OCH3 is 2. The summed E-state index contributed by atoms with van der Waals surface area (Å²) in [5.41, 5.74) is 0.800. The van der Waals surface area contributed by atoms with E-state index in [1.807, 2.05) is 45.0 Å². The van der Waals surface area contributed by atoms with Crippen molar-refractivity contribution in [3.63, 3.8) is 0 Å². The van der Waals surface area contributed by atoms with Crippen LogP contribution in [-0.2, 0) is 45.5 Å². The number of aryl methyl sites for hydroxylation is 2. The molecule has 23 heteroatoms. The molecule has 0 saturated carbocycles. The molecule has 7 rings (SSSR count). The Hall–Kier alpha value is -7.18. The molecule has 77 heavy (non-hydrogen) atoms. The van der Waals surface area contributed by atoms with Gasteiger partial charge in [0.25, 0.3) is 12.3 Å². The molecule has 2 unspecified atom stereocenters. The molecule has 4 aromatic carbocycles. The summed E-state index contributed by atoms with van der Waals surface area (Å²) in [5, 5.41) is 30.8. The highest BCUT2D eigenvalue weighted by atomic mass is 35.5. The van der Waals surface area contributed by atoms with Crippen molar-refractivity contribution in [2.24, 2.45) is 12.5 Å². The first kappa shape index (κ1) is 60.7. The summed E-state index contributed by atoms with van der Waals surface area (Å²) in [6, 6.07) is 27.5. The maximum atomic E-state index is 13.1. The average molecular weight is 1140 g/mol. The van der Waals surface area contributed by atoms with Gasteiger partial charge < -0.3 is 24.1 Å². The maximum absolute atomic E-state index is 13.1. The Labute approximate surface area is 464 Å². The first-order chi connectivity index (χ1) is 36.6. The number of amides is 1. The van der Waals surface area contributed by atoms with Crippen molar-refractivity contribution in [1.82, 2.24) is 39.6 Å². The number of rotatable bonds is 18. The number of aliphatic hydroxyl groups is 1. The number of hydrogen-bond donors (Lipinski definition) is 1. The van der Waals surface area contributed by atoms with Gasteiger partial charge >= 0.3 is 5.97 Å². The van der Waals surface area contributed by atoms with Crippen LogP contribution in [0, 0.1) is 16.7 Å². The number of ether oxygens (including phenoxy) is 4. The topological polar surface area (TPSA) is 202 Å². The quantitative estimate of drug-likeness (QED) is 0.0368. The number of para-hydroxylation sites is 2. The van der Waals surface area contributed by atoms with Crippen LogP contribution in [0.5, 0.6) is 23.3 Å². The lowest BCUT2D eigenvalue weighted by molar-refractivity contribution is -0.133. The van der Waals surface area contributed by atoms with Crippen molar-refractivity contribution < 1.29 is 47.3 Å². The van der Waals surface area contributed by atoms with Gasteiger partial charge in [0.2, 0.25) is 11.8 Å². The molecule has 0 saturated heterocycles. The molecule has 1 amide bonds. The molecule has 0 aliphatic heterocycles. The molecular formula is C54H55Cl4F2N9O8. The number of nitriles is 1. The van der Waals surface area contributed by atoms with Crippen LogP contribution < -0.4 is 9.47 Å². The second-order valence-electron chi connectivity index (χ2n) is 17.9. The van der Waals surface area contributed by atoms with Crippen LogP contribution in [-0.4, -0.2) is 89.5 Å². The smallest absolute Gasteiger partial charge is 0.341 e. The second-order valence-corrected chi connectivity index (χ2v) is 19.6. The van der Waals surface area contributed by atoms with Crippen molar-refractivity contribution >= 4 is 63.9 Å². The van der Waals surface area contributed by atoms with E-state index in [0.717, 1.165) is 21.2 Å². The monoisotopic (exact) mass is 1140 g/mol. The van der Waals surface area contributed by atoms with E-state index in [-0.39, 0.29) is 34.7 Å². The lowest BCUT2D eigenvalue weighted by Crippen LogP contribution is -2.47. The van der Waals surface area contributed by atoms with E-state index < -0.39 is 35.6 Å². The van der Waals surface area contributed by atoms with E-state index in [2.05, 4.69) is 31.2 Å². The van der Waals surface area contributed by atoms with Gasteiger partial charge in [-0.05, 0) is 85.2 Å². The summed E-state index contributed by atoms with van der Waals surface area (Å²) in [6.07, 6.45) is 5.70. The number of benzene rings is 4. The van der Waals surface area contributed by atoms with Gasteiger partial charge in [0.05, 0.1) is 63.0 Å². The van der Waals surface area contributed by atoms with E-state index in [1.54, 1.807) is 66.5 Å². The zero-order valence-corrected chi connectivity index (χ0v) is 46.2. The molecule has 0 aliphatic rings. The van der Waals surface area contributed by atoms with Gasteiger partial charge in [-0.2, -0.15) is 15.5 Å². The minimum absolute atomic E-state index is 0.184. The highest BCUT2D eigenvalue weighted by Crippen LogP contribution is 2.37. The zero-order chi connectivity index (χ0) is 56.5. The Morgan fingerprint density at radius 3 is 2.05 bits per heavy atom. The third-order valence-corrected chi connectivity index (χ3v) is 12.7. The number of alkyl halides is 2. The molecule has 0 fully saturated rings. The van der Waals surface area contributed by atoms with E-state index >= 15 is 0 Å². The Kier molecular flexibility index (Phi) is 22.3. The predicted molar refractivity (Wildman–Crippen MR) is 287 cm³/mol. The molecule has 17 nitrogen and oxygen atoms in total. The molecule has 0 aliphatic carbocycles. The normalized spacial score (nSPS) is 12.4. The van der Waals surface area contributed by atoms with E-state index in [4.69, 9.17) is 70.2 Å². The number of carbonyl (C=O) groups excluding carboxylic acids is 2. The van der Waals surface area contributed by atoms with Crippen LogP contribution in [0.1, 0.15) is 78.8 Å². The van der Waals surface area contributed by atoms with Gasteiger partial charge in [0, 0.05) is 38.9 Å². The molecule has 406 valence electrons. The van der Waals surface area contributed by atoms with Gasteiger partial charge in [-0.1, -0.05) is 110 Å². The number of esters is 1. The Bertz CT molecular complexity index is 3130. The summed E-state index contributed by atoms with van der Waals surface area (Å²) in [7, 11) is 5.44. The Balaban J connectivity index is 0.000000216. The van der Waals surface area contributed by atoms with Gasteiger partial charge in [0.15, 0.2) is 0 Å². The van der Waals surface area contributed by atoms with Crippen molar-refractivity contribution in [3.05, 3.63) is 176 Å². The minimum atomic E-state index is -2.88. The third-order valence-electron chi connectivity index (χ3n) is 11.6. The first-order valence-electron chi connectivity index (χ1n) is 23.3. The fraction of sp³-hybridized carbons (Fsp3) is 0.296. The third kappa shape index (κ3) is 16.9. The SMILES string of the molecule is CC(C)(C)C(O)(CCc1ccc(Cl)cc1)Cn1cncn1.CO/C=C(/C(=O)OC)c1ccccc1Oc1cc(Oc2ccccc2C#N)ncn1.CON(C(=O)c1cn(C)nc1C(F)F)C(C)Cc1c(Cl)cc(Cl)cc1Cl. The minimum Gasteiger partial charge on any atom is -0.503 e. The fourth-order valence-electron chi connectivity index (χ4n) is 7.37. The van der Waals surface area contributed by atoms with Crippen molar-refractivity contribution in [1.29, 1.82) is 5.26 Å². The summed E-state index contributed by atoms with van der Waals surface area (Å²) >= 11 is 24.1. The fourth-order valence-corrected chi connectivity index (χ4v) is 8.47. The van der Waals surface area contributed by atoms with E-state index in [9.17, 15) is 28.7 Å². The van der Waals surface area contributed by atoms with Gasteiger partial charge in [-0.15, -0.1) is 0 Å². The lowest BCUT2D eigenvalue weighted by atomic mass is 9.73. The average Bonchev–Trinajstić information content (AvgIpc) is 4.07. The first-order valence-corrected chi connectivity index (χ1v) is 24.8. The summed E-state index contributed by atoms with van der Waals surface area (Å²) < 4.78 is 50.5. The standard InChI is InChI=1S/C22H17N3O5.C16H16Cl3F2N3O2.C16H22ClN3O/c1-27-13-17(22(26)28-2)16-8-4-6-10-19(16)30-21-11-20(24-14-25-21)29-18-9-5-3-7-15(18)12-23;1-8(4-10-12(18)5-9(17)6-13(10)19)24(26-3)16(25)11-7-23(2)22-14(11)15(20)21;1-15(2,3)16(21,10-20-12-18-11-19-20)9-8-13-4-6-14(17)7-5-13/h3-11,13-14H,1-2H3;5-8,15H,4H2,1-3H3;4-7,11-12,21H,8-10H2,1-3H3/b17-13+;;. The highest BCUT2D eigenvalue weighted by molar-refractivity contribution is 6.39. The number of hydrogen-bond acceptors (Lipinski definition) is 14. The van der Waals surface area contributed by atoms with Crippen LogP contribution in [0.3, 0.4) is 0 Å². The van der Waals surface area contributed by atoms with Gasteiger partial charge in [-0.25, -0.2) is 33.6 Å². The Morgan fingerprint density at radius 1 is 0.857 bits per heavy atom. The molecule has 7 aromatic rings. The molecule has 3 aromatic heterocycles. The number of hydroxylamine groups is 2. The second kappa shape index (κ2) is 28.3. The molecule has 0 radical (unpaired) electrons. The van der Waals surface area contributed by atoms with Gasteiger partial charge in [-0.3, -0.25) is 19.0 Å². The molecule has 3 heterocycles. The molecule has 1 N–H and O–H groups in total. The number of aromatic nitrogens is 7. The van der Waals surface area contributed by atoms with Crippen molar-refractivity contribution in [2.75, 3.05) is 21.3 Å². The number of carbonyl (C=O) groups is 2. The summed E-state index contributed by atoms with van der Waals surface area (Å²) in [5.74, 6) is -0.212. The molecular weight excluding hydrogens is 1080 g/mol.